The highest BCUT2D eigenvalue weighted by Crippen LogP contribution is 2.20. The van der Waals surface area contributed by atoms with Crippen LogP contribution in [0.1, 0.15) is 19.4 Å². The second-order valence-electron chi connectivity index (χ2n) is 4.33. The van der Waals surface area contributed by atoms with Gasteiger partial charge in [0.25, 0.3) is 0 Å². The molecule has 0 atom stereocenters. The van der Waals surface area contributed by atoms with E-state index in [1.54, 1.807) is 14.1 Å². The van der Waals surface area contributed by atoms with Crippen molar-refractivity contribution >= 4 is 6.09 Å². The maximum atomic E-state index is 11.6. The lowest BCUT2D eigenvalue weighted by Crippen LogP contribution is -2.27. The number of carbonyl (C=O) groups is 1. The number of rotatable bonds is 5. The van der Waals surface area contributed by atoms with Crippen LogP contribution in [0.5, 0.6) is 5.75 Å². The van der Waals surface area contributed by atoms with Gasteiger partial charge in [-0.3, -0.25) is 4.90 Å². The molecule has 0 unspecified atom stereocenters. The molecule has 0 radical (unpaired) electrons. The zero-order valence-corrected chi connectivity index (χ0v) is 11.6. The van der Waals surface area contributed by atoms with Gasteiger partial charge < -0.3 is 9.64 Å². The molecule has 0 N–H and O–H groups in total. The van der Waals surface area contributed by atoms with Crippen LogP contribution in [0.2, 0.25) is 0 Å². The Morgan fingerprint density at radius 1 is 1.17 bits per heavy atom. The van der Waals surface area contributed by atoms with Gasteiger partial charge in [0.2, 0.25) is 0 Å². The average molecular weight is 250 g/mol. The first kappa shape index (κ1) is 14.5. The van der Waals surface area contributed by atoms with Crippen LogP contribution < -0.4 is 4.74 Å². The summed E-state index contributed by atoms with van der Waals surface area (Å²) >= 11 is 0. The van der Waals surface area contributed by atoms with Gasteiger partial charge in [-0.1, -0.05) is 32.0 Å². The number of amides is 1. The topological polar surface area (TPSA) is 32.8 Å². The van der Waals surface area contributed by atoms with E-state index in [1.165, 1.54) is 4.90 Å². The Bertz CT molecular complexity index is 387. The molecule has 0 aliphatic heterocycles. The van der Waals surface area contributed by atoms with E-state index in [0.717, 1.165) is 25.2 Å². The number of hydrogen-bond acceptors (Lipinski definition) is 3. The largest absolute Gasteiger partial charge is 0.414 e. The summed E-state index contributed by atoms with van der Waals surface area (Å²) in [7, 11) is 3.35. The van der Waals surface area contributed by atoms with Crippen molar-refractivity contribution in [1.82, 2.24) is 9.80 Å². The summed E-state index contributed by atoms with van der Waals surface area (Å²) in [6.07, 6.45) is -0.345. The molecule has 1 aromatic rings. The molecule has 0 aromatic heterocycles. The summed E-state index contributed by atoms with van der Waals surface area (Å²) in [4.78, 5) is 15.3. The molecular weight excluding hydrogens is 228 g/mol. The van der Waals surface area contributed by atoms with E-state index in [2.05, 4.69) is 18.7 Å². The van der Waals surface area contributed by atoms with Crippen LogP contribution in [0.15, 0.2) is 24.3 Å². The molecule has 4 heteroatoms. The summed E-state index contributed by atoms with van der Waals surface area (Å²) in [5.41, 5.74) is 1.04. The maximum Gasteiger partial charge on any atom is 0.414 e. The normalized spacial score (nSPS) is 10.5. The van der Waals surface area contributed by atoms with E-state index in [-0.39, 0.29) is 6.09 Å². The van der Waals surface area contributed by atoms with Crippen molar-refractivity contribution in [2.24, 2.45) is 0 Å². The van der Waals surface area contributed by atoms with Crippen molar-refractivity contribution in [2.45, 2.75) is 20.4 Å². The lowest BCUT2D eigenvalue weighted by Gasteiger charge is -2.20. The van der Waals surface area contributed by atoms with Gasteiger partial charge >= 0.3 is 6.09 Å². The Kier molecular flexibility index (Phi) is 5.65. The predicted molar refractivity (Wildman–Crippen MR) is 72.8 cm³/mol. The molecule has 0 aliphatic carbocycles. The quantitative estimate of drug-likeness (QED) is 0.805. The van der Waals surface area contributed by atoms with Crippen LogP contribution in [0.25, 0.3) is 0 Å². The fraction of sp³-hybridized carbons (Fsp3) is 0.500. The van der Waals surface area contributed by atoms with Crippen LogP contribution in [0, 0.1) is 0 Å². The summed E-state index contributed by atoms with van der Waals surface area (Å²) in [6.45, 7) is 7.00. The third kappa shape index (κ3) is 4.04. The van der Waals surface area contributed by atoms with Crippen LogP contribution in [0.4, 0.5) is 4.79 Å². The number of ether oxygens (including phenoxy) is 1. The zero-order chi connectivity index (χ0) is 13.5. The van der Waals surface area contributed by atoms with E-state index in [1.807, 2.05) is 24.3 Å². The fourth-order valence-corrected chi connectivity index (χ4v) is 1.61. The smallest absolute Gasteiger partial charge is 0.410 e. The Labute approximate surface area is 109 Å². The van der Waals surface area contributed by atoms with Crippen molar-refractivity contribution in [1.29, 1.82) is 0 Å². The molecule has 0 saturated heterocycles. The number of benzene rings is 1. The number of nitrogens with zero attached hydrogens (tertiary/aromatic N) is 2. The van der Waals surface area contributed by atoms with Crippen LogP contribution in [0.3, 0.4) is 0 Å². The number of carbonyl (C=O) groups excluding carboxylic acids is 1. The van der Waals surface area contributed by atoms with Crippen molar-refractivity contribution in [3.05, 3.63) is 29.8 Å². The molecule has 0 bridgehead atoms. The van der Waals surface area contributed by atoms with Crippen molar-refractivity contribution in [2.75, 3.05) is 27.2 Å². The Balaban J connectivity index is 2.82. The lowest BCUT2D eigenvalue weighted by molar-refractivity contribution is 0.170. The number of para-hydroxylation sites is 1. The third-order valence-corrected chi connectivity index (χ3v) is 2.82. The predicted octanol–water partition coefficient (Wildman–Crippen LogP) is 2.59. The van der Waals surface area contributed by atoms with E-state index in [0.29, 0.717) is 5.75 Å². The second kappa shape index (κ2) is 7.01. The molecular formula is C14H22N2O2. The first-order valence-corrected chi connectivity index (χ1v) is 6.27. The number of hydrogen-bond donors (Lipinski definition) is 0. The van der Waals surface area contributed by atoms with Gasteiger partial charge in [-0.05, 0) is 19.2 Å². The second-order valence-corrected chi connectivity index (χ2v) is 4.33. The molecule has 1 amide bonds. The summed E-state index contributed by atoms with van der Waals surface area (Å²) < 4.78 is 5.36. The third-order valence-electron chi connectivity index (χ3n) is 2.82. The molecule has 18 heavy (non-hydrogen) atoms. The molecule has 0 saturated carbocycles. The zero-order valence-electron chi connectivity index (χ0n) is 11.6. The van der Waals surface area contributed by atoms with Gasteiger partial charge in [-0.2, -0.15) is 0 Å². The molecule has 0 heterocycles. The van der Waals surface area contributed by atoms with Gasteiger partial charge in [0.05, 0.1) is 0 Å². The van der Waals surface area contributed by atoms with Gasteiger partial charge in [0, 0.05) is 26.2 Å². The molecule has 1 aromatic carbocycles. The van der Waals surface area contributed by atoms with Crippen LogP contribution in [-0.2, 0) is 6.54 Å². The highest BCUT2D eigenvalue weighted by Gasteiger charge is 2.11. The van der Waals surface area contributed by atoms with E-state index in [4.69, 9.17) is 4.74 Å². The van der Waals surface area contributed by atoms with Crippen LogP contribution >= 0.6 is 0 Å². The van der Waals surface area contributed by atoms with E-state index in [9.17, 15) is 4.79 Å². The van der Waals surface area contributed by atoms with E-state index < -0.39 is 0 Å². The first-order valence-electron chi connectivity index (χ1n) is 6.27. The van der Waals surface area contributed by atoms with Crippen molar-refractivity contribution in [3.63, 3.8) is 0 Å². The SMILES string of the molecule is CCN(CC)Cc1ccccc1OC(=O)N(C)C. The lowest BCUT2D eigenvalue weighted by atomic mass is 10.2. The molecule has 100 valence electrons. The van der Waals surface area contributed by atoms with Crippen LogP contribution in [-0.4, -0.2) is 43.1 Å². The molecule has 4 nitrogen and oxygen atoms in total. The van der Waals surface area contributed by atoms with Crippen molar-refractivity contribution in [3.8, 4) is 5.75 Å². The monoisotopic (exact) mass is 250 g/mol. The highest BCUT2D eigenvalue weighted by molar-refractivity contribution is 5.70. The summed E-state index contributed by atoms with van der Waals surface area (Å²) in [6, 6.07) is 7.67. The van der Waals surface area contributed by atoms with Gasteiger partial charge in [-0.25, -0.2) is 4.79 Å². The minimum Gasteiger partial charge on any atom is -0.410 e. The van der Waals surface area contributed by atoms with E-state index >= 15 is 0 Å². The Morgan fingerprint density at radius 2 is 1.78 bits per heavy atom. The minimum absolute atomic E-state index is 0.345. The maximum absolute atomic E-state index is 11.6. The fourth-order valence-electron chi connectivity index (χ4n) is 1.61. The van der Waals surface area contributed by atoms with Gasteiger partial charge in [0.15, 0.2) is 0 Å². The average Bonchev–Trinajstić information content (AvgIpc) is 2.37. The summed E-state index contributed by atoms with van der Waals surface area (Å²) in [5, 5.41) is 0. The van der Waals surface area contributed by atoms with Gasteiger partial charge in [-0.15, -0.1) is 0 Å². The minimum atomic E-state index is -0.345. The Hall–Kier alpha value is -1.55. The Morgan fingerprint density at radius 3 is 2.33 bits per heavy atom. The van der Waals surface area contributed by atoms with Gasteiger partial charge in [0.1, 0.15) is 5.75 Å². The molecule has 0 aliphatic rings. The molecule has 0 spiro atoms. The molecule has 0 fully saturated rings. The van der Waals surface area contributed by atoms with Crippen molar-refractivity contribution < 1.29 is 9.53 Å². The standard InChI is InChI=1S/C14H22N2O2/c1-5-16(6-2)11-12-9-7-8-10-13(12)18-14(17)15(3)4/h7-10H,5-6,11H2,1-4H3. The molecule has 1 rings (SSSR count). The highest BCUT2D eigenvalue weighted by atomic mass is 16.6. The first-order chi connectivity index (χ1) is 8.58. The summed E-state index contributed by atoms with van der Waals surface area (Å²) in [5.74, 6) is 0.642.